The minimum atomic E-state index is 0.877. The van der Waals surface area contributed by atoms with Crippen molar-refractivity contribution >= 4 is 40.1 Å². The second kappa shape index (κ2) is 3.90. The highest BCUT2D eigenvalue weighted by Crippen LogP contribution is 2.47. The van der Waals surface area contributed by atoms with Gasteiger partial charge in [-0.25, -0.2) is 0 Å². The van der Waals surface area contributed by atoms with Crippen LogP contribution in [0.25, 0.3) is 11.1 Å². The van der Waals surface area contributed by atoms with Crippen LogP contribution >= 0.6 is 22.7 Å². The van der Waals surface area contributed by atoms with E-state index in [0.717, 1.165) is 24.0 Å². The molecular weight excluding hydrogens is 260 g/mol. The number of thiophene rings is 2. The normalized spacial score (nSPS) is 21.1. The molecule has 0 atom stereocenters. The molecule has 0 fully saturated rings. The topological polar surface area (TPSA) is 17.1 Å². The van der Waals surface area contributed by atoms with E-state index < -0.39 is 0 Å². The molecule has 3 heteroatoms. The third kappa shape index (κ3) is 1.41. The van der Waals surface area contributed by atoms with E-state index in [1.807, 2.05) is 11.3 Å². The molecule has 0 saturated carbocycles. The monoisotopic (exact) mass is 272 g/mol. The fourth-order valence-electron chi connectivity index (χ4n) is 3.07. The van der Waals surface area contributed by atoms with Crippen LogP contribution in [0.2, 0.25) is 0 Å². The van der Waals surface area contributed by atoms with Crippen molar-refractivity contribution in [1.82, 2.24) is 0 Å². The van der Waals surface area contributed by atoms with E-state index in [0.29, 0.717) is 0 Å². The molecule has 0 amide bonds. The maximum atomic E-state index is 10.9. The van der Waals surface area contributed by atoms with Gasteiger partial charge in [-0.1, -0.05) is 0 Å². The Morgan fingerprint density at radius 3 is 2.61 bits per heavy atom. The van der Waals surface area contributed by atoms with E-state index >= 15 is 0 Å². The molecule has 0 bridgehead atoms. The SMILES string of the molecule is O=Cc1cc2c(s1)/C(=C1\CCc3ccsc31)CC2. The number of fused-ring (bicyclic) bond motifs is 2. The van der Waals surface area contributed by atoms with Crippen molar-refractivity contribution in [3.05, 3.63) is 43.3 Å². The Balaban J connectivity index is 1.89. The number of allylic oxidation sites excluding steroid dienone is 2. The maximum absolute atomic E-state index is 10.9. The molecule has 0 spiro atoms. The van der Waals surface area contributed by atoms with Crippen LogP contribution in [0.4, 0.5) is 0 Å². The van der Waals surface area contributed by atoms with Gasteiger partial charge < -0.3 is 0 Å². The predicted molar refractivity (Wildman–Crippen MR) is 77.5 cm³/mol. The molecule has 2 aliphatic rings. The molecule has 0 N–H and O–H groups in total. The van der Waals surface area contributed by atoms with Crippen molar-refractivity contribution < 1.29 is 4.79 Å². The second-order valence-corrected chi connectivity index (χ2v) is 6.85. The summed E-state index contributed by atoms with van der Waals surface area (Å²) in [6.45, 7) is 0. The number of aryl methyl sites for hydroxylation is 2. The first kappa shape index (κ1) is 10.7. The largest absolute Gasteiger partial charge is 0.297 e. The third-order valence-corrected chi connectivity index (χ3v) is 6.07. The average Bonchev–Trinajstić information content (AvgIpc) is 3.08. The summed E-state index contributed by atoms with van der Waals surface area (Å²) in [4.78, 5) is 14.7. The van der Waals surface area contributed by atoms with Gasteiger partial charge in [0.1, 0.15) is 0 Å². The van der Waals surface area contributed by atoms with E-state index in [4.69, 9.17) is 0 Å². The Labute approximate surface area is 114 Å². The van der Waals surface area contributed by atoms with Crippen LogP contribution in [-0.2, 0) is 12.8 Å². The lowest BCUT2D eigenvalue weighted by molar-refractivity contribution is 0.112. The van der Waals surface area contributed by atoms with E-state index in [1.165, 1.54) is 39.3 Å². The molecule has 2 heterocycles. The van der Waals surface area contributed by atoms with Crippen LogP contribution in [0.15, 0.2) is 17.5 Å². The van der Waals surface area contributed by atoms with Crippen molar-refractivity contribution in [1.29, 1.82) is 0 Å². The van der Waals surface area contributed by atoms with Crippen LogP contribution in [0.1, 0.15) is 43.4 Å². The molecule has 2 aromatic rings. The zero-order valence-electron chi connectivity index (χ0n) is 9.86. The number of rotatable bonds is 1. The van der Waals surface area contributed by atoms with E-state index in [2.05, 4.69) is 17.5 Å². The van der Waals surface area contributed by atoms with Gasteiger partial charge in [0, 0.05) is 9.75 Å². The van der Waals surface area contributed by atoms with Gasteiger partial charge in [-0.05, 0) is 65.5 Å². The van der Waals surface area contributed by atoms with Gasteiger partial charge in [0.05, 0.1) is 4.88 Å². The van der Waals surface area contributed by atoms with E-state index in [-0.39, 0.29) is 0 Å². The summed E-state index contributed by atoms with van der Waals surface area (Å²) in [5.41, 5.74) is 5.97. The first-order valence-corrected chi connectivity index (χ1v) is 7.93. The Morgan fingerprint density at radius 1 is 1.00 bits per heavy atom. The van der Waals surface area contributed by atoms with Crippen LogP contribution in [0, 0.1) is 0 Å². The van der Waals surface area contributed by atoms with Gasteiger partial charge in [-0.2, -0.15) is 0 Å². The Hall–Kier alpha value is -1.19. The van der Waals surface area contributed by atoms with Crippen molar-refractivity contribution in [3.63, 3.8) is 0 Å². The second-order valence-electron chi connectivity index (χ2n) is 4.85. The molecule has 18 heavy (non-hydrogen) atoms. The Kier molecular flexibility index (Phi) is 2.32. The summed E-state index contributed by atoms with van der Waals surface area (Å²) in [5.74, 6) is 0. The third-order valence-electron chi connectivity index (χ3n) is 3.89. The highest BCUT2D eigenvalue weighted by Gasteiger charge is 2.27. The first-order chi connectivity index (χ1) is 8.86. The molecule has 4 rings (SSSR count). The van der Waals surface area contributed by atoms with Gasteiger partial charge in [0.25, 0.3) is 0 Å². The molecular formula is C15H12OS2. The van der Waals surface area contributed by atoms with Gasteiger partial charge in [0.2, 0.25) is 0 Å². The molecule has 0 radical (unpaired) electrons. The number of hydrogen-bond donors (Lipinski definition) is 0. The molecule has 1 nitrogen and oxygen atoms in total. The van der Waals surface area contributed by atoms with Gasteiger partial charge in [-0.3, -0.25) is 4.79 Å². The fraction of sp³-hybridized carbons (Fsp3) is 0.267. The van der Waals surface area contributed by atoms with E-state index in [1.54, 1.807) is 16.9 Å². The lowest BCUT2D eigenvalue weighted by Gasteiger charge is -2.04. The number of hydrogen-bond acceptors (Lipinski definition) is 3. The summed E-state index contributed by atoms with van der Waals surface area (Å²) >= 11 is 3.54. The lowest BCUT2D eigenvalue weighted by Crippen LogP contribution is -1.81. The van der Waals surface area contributed by atoms with Crippen LogP contribution < -0.4 is 0 Å². The standard InChI is InChI=1S/C15H12OS2/c16-8-11-7-10-2-4-13(15(10)18-11)12-3-1-9-5-6-17-14(9)12/h5-8H,1-4H2/b13-12+. The fourth-order valence-corrected chi connectivity index (χ4v) is 5.25. The number of carbonyl (C=O) groups excluding carboxylic acids is 1. The van der Waals surface area contributed by atoms with Crippen LogP contribution in [-0.4, -0.2) is 6.29 Å². The maximum Gasteiger partial charge on any atom is 0.160 e. The van der Waals surface area contributed by atoms with Crippen molar-refractivity contribution in [3.8, 4) is 0 Å². The highest BCUT2D eigenvalue weighted by molar-refractivity contribution is 7.15. The quantitative estimate of drug-likeness (QED) is 0.702. The lowest BCUT2D eigenvalue weighted by atomic mass is 10.1. The molecule has 0 unspecified atom stereocenters. The van der Waals surface area contributed by atoms with Crippen molar-refractivity contribution in [2.24, 2.45) is 0 Å². The first-order valence-electron chi connectivity index (χ1n) is 6.24. The van der Waals surface area contributed by atoms with Gasteiger partial charge in [-0.15, -0.1) is 22.7 Å². The van der Waals surface area contributed by atoms with Crippen LogP contribution in [0.5, 0.6) is 0 Å². The highest BCUT2D eigenvalue weighted by atomic mass is 32.1. The van der Waals surface area contributed by atoms with E-state index in [9.17, 15) is 4.79 Å². The van der Waals surface area contributed by atoms with Crippen molar-refractivity contribution in [2.45, 2.75) is 25.7 Å². The minimum absolute atomic E-state index is 0.877. The molecule has 2 aliphatic carbocycles. The molecule has 0 aliphatic heterocycles. The molecule has 0 aromatic carbocycles. The summed E-state index contributed by atoms with van der Waals surface area (Å²) in [6, 6.07) is 4.33. The summed E-state index contributed by atoms with van der Waals surface area (Å²) in [7, 11) is 0. The van der Waals surface area contributed by atoms with Crippen molar-refractivity contribution in [2.75, 3.05) is 0 Å². The average molecular weight is 272 g/mol. The summed E-state index contributed by atoms with van der Waals surface area (Å²) in [6.07, 6.45) is 5.63. The van der Waals surface area contributed by atoms with Gasteiger partial charge >= 0.3 is 0 Å². The zero-order chi connectivity index (χ0) is 12.1. The zero-order valence-corrected chi connectivity index (χ0v) is 11.5. The summed E-state index contributed by atoms with van der Waals surface area (Å²) < 4.78 is 0. The predicted octanol–water partition coefficient (Wildman–Crippen LogP) is 4.43. The van der Waals surface area contributed by atoms with Crippen LogP contribution in [0.3, 0.4) is 0 Å². The number of carbonyl (C=O) groups is 1. The van der Waals surface area contributed by atoms with Gasteiger partial charge in [0.15, 0.2) is 6.29 Å². The Morgan fingerprint density at radius 2 is 1.78 bits per heavy atom. The molecule has 90 valence electrons. The summed E-state index contributed by atoms with van der Waals surface area (Å²) in [5, 5.41) is 2.20. The molecule has 0 saturated heterocycles. The number of aldehydes is 1. The smallest absolute Gasteiger partial charge is 0.160 e. The minimum Gasteiger partial charge on any atom is -0.297 e. The Bertz CT molecular complexity index is 672. The molecule has 2 aromatic heterocycles.